The van der Waals surface area contributed by atoms with Crippen LogP contribution in [0.3, 0.4) is 0 Å². The predicted octanol–water partition coefficient (Wildman–Crippen LogP) is 2.60. The topological polar surface area (TPSA) is 38.7 Å². The molecule has 0 radical (unpaired) electrons. The van der Waals surface area contributed by atoms with Crippen molar-refractivity contribution in [2.45, 2.75) is 31.7 Å². The van der Waals surface area contributed by atoms with Crippen molar-refractivity contribution >= 4 is 6.08 Å². The average molecular weight is 248 g/mol. The van der Waals surface area contributed by atoms with E-state index in [0.717, 1.165) is 24.8 Å². The van der Waals surface area contributed by atoms with Crippen LogP contribution in [-0.2, 0) is 9.47 Å². The zero-order valence-corrected chi connectivity index (χ0v) is 10.5. The largest absolute Gasteiger partial charge is 0.396 e. The third-order valence-corrected chi connectivity index (χ3v) is 2.95. The van der Waals surface area contributed by atoms with Gasteiger partial charge in [-0.05, 0) is 30.9 Å². The SMILES string of the molecule is OCCCCC1COC(C=Cc2ccccc2)O1. The molecule has 0 spiro atoms. The Kier molecular flexibility index (Phi) is 5.39. The van der Waals surface area contributed by atoms with E-state index in [-0.39, 0.29) is 19.0 Å². The second-order valence-corrected chi connectivity index (χ2v) is 4.45. The Morgan fingerprint density at radius 3 is 2.83 bits per heavy atom. The van der Waals surface area contributed by atoms with Gasteiger partial charge in [-0.3, -0.25) is 0 Å². The second kappa shape index (κ2) is 7.31. The van der Waals surface area contributed by atoms with Crippen LogP contribution in [-0.4, -0.2) is 30.7 Å². The lowest BCUT2D eigenvalue weighted by Gasteiger charge is -2.07. The summed E-state index contributed by atoms with van der Waals surface area (Å²) in [6, 6.07) is 10.1. The number of hydrogen-bond acceptors (Lipinski definition) is 3. The molecule has 1 aliphatic rings. The molecule has 1 aromatic rings. The van der Waals surface area contributed by atoms with Gasteiger partial charge >= 0.3 is 0 Å². The highest BCUT2D eigenvalue weighted by molar-refractivity contribution is 5.49. The summed E-state index contributed by atoms with van der Waals surface area (Å²) in [6.07, 6.45) is 6.67. The summed E-state index contributed by atoms with van der Waals surface area (Å²) in [4.78, 5) is 0. The van der Waals surface area contributed by atoms with Crippen molar-refractivity contribution in [3.8, 4) is 0 Å². The molecule has 2 unspecified atom stereocenters. The Labute approximate surface area is 108 Å². The Hall–Kier alpha value is -1.16. The molecule has 18 heavy (non-hydrogen) atoms. The van der Waals surface area contributed by atoms with E-state index in [0.29, 0.717) is 6.61 Å². The fraction of sp³-hybridized carbons (Fsp3) is 0.467. The standard InChI is InChI=1S/C15H20O3/c16-11-5-4-8-14-12-17-15(18-14)10-9-13-6-2-1-3-7-13/h1-3,6-7,9-10,14-16H,4-5,8,11-12H2. The first kappa shape index (κ1) is 13.3. The zero-order valence-electron chi connectivity index (χ0n) is 10.5. The number of aliphatic hydroxyl groups is 1. The third-order valence-electron chi connectivity index (χ3n) is 2.95. The van der Waals surface area contributed by atoms with E-state index in [1.807, 2.05) is 42.5 Å². The van der Waals surface area contributed by atoms with Gasteiger partial charge in [0.25, 0.3) is 0 Å². The molecule has 0 saturated carbocycles. The van der Waals surface area contributed by atoms with Gasteiger partial charge in [0, 0.05) is 6.61 Å². The number of hydrogen-bond donors (Lipinski definition) is 1. The molecule has 98 valence electrons. The first-order valence-electron chi connectivity index (χ1n) is 6.49. The molecule has 0 aromatic heterocycles. The summed E-state index contributed by atoms with van der Waals surface area (Å²) in [7, 11) is 0. The van der Waals surface area contributed by atoms with E-state index < -0.39 is 0 Å². The lowest BCUT2D eigenvalue weighted by atomic mass is 10.2. The van der Waals surface area contributed by atoms with Crippen LogP contribution in [0.5, 0.6) is 0 Å². The molecule has 1 saturated heterocycles. The van der Waals surface area contributed by atoms with Crippen LogP contribution < -0.4 is 0 Å². The van der Waals surface area contributed by atoms with Crippen molar-refractivity contribution in [2.75, 3.05) is 13.2 Å². The lowest BCUT2D eigenvalue weighted by Crippen LogP contribution is -2.11. The highest BCUT2D eigenvalue weighted by Crippen LogP contribution is 2.18. The van der Waals surface area contributed by atoms with E-state index in [4.69, 9.17) is 14.6 Å². The van der Waals surface area contributed by atoms with Crippen LogP contribution in [0.2, 0.25) is 0 Å². The van der Waals surface area contributed by atoms with Gasteiger partial charge in [-0.1, -0.05) is 36.4 Å². The molecule has 1 N–H and O–H groups in total. The van der Waals surface area contributed by atoms with Gasteiger partial charge in [0.1, 0.15) is 0 Å². The van der Waals surface area contributed by atoms with Gasteiger partial charge in [-0.2, -0.15) is 0 Å². The molecule has 1 heterocycles. The van der Waals surface area contributed by atoms with Crippen LogP contribution in [0, 0.1) is 0 Å². The summed E-state index contributed by atoms with van der Waals surface area (Å²) in [5, 5.41) is 8.72. The average Bonchev–Trinajstić information content (AvgIpc) is 2.86. The van der Waals surface area contributed by atoms with Crippen molar-refractivity contribution in [2.24, 2.45) is 0 Å². The molecule has 0 bridgehead atoms. The van der Waals surface area contributed by atoms with E-state index >= 15 is 0 Å². The predicted molar refractivity (Wildman–Crippen MR) is 71.0 cm³/mol. The Morgan fingerprint density at radius 1 is 1.22 bits per heavy atom. The van der Waals surface area contributed by atoms with Gasteiger partial charge in [0.15, 0.2) is 6.29 Å². The molecule has 1 aliphatic heterocycles. The third kappa shape index (κ3) is 4.26. The Morgan fingerprint density at radius 2 is 2.06 bits per heavy atom. The molecule has 3 heteroatoms. The van der Waals surface area contributed by atoms with Crippen LogP contribution in [0.25, 0.3) is 6.08 Å². The van der Waals surface area contributed by atoms with Gasteiger partial charge < -0.3 is 14.6 Å². The normalized spacial score (nSPS) is 23.8. The number of benzene rings is 1. The molecule has 1 aromatic carbocycles. The number of rotatable bonds is 6. The molecular formula is C15H20O3. The van der Waals surface area contributed by atoms with Gasteiger partial charge in [0.05, 0.1) is 12.7 Å². The van der Waals surface area contributed by atoms with Gasteiger partial charge in [-0.15, -0.1) is 0 Å². The minimum absolute atomic E-state index is 0.168. The Balaban J connectivity index is 1.74. The van der Waals surface area contributed by atoms with E-state index in [9.17, 15) is 0 Å². The van der Waals surface area contributed by atoms with E-state index in [2.05, 4.69) is 0 Å². The zero-order chi connectivity index (χ0) is 12.6. The summed E-state index contributed by atoms with van der Waals surface area (Å²) in [5.41, 5.74) is 1.15. The van der Waals surface area contributed by atoms with Crippen LogP contribution in [0.1, 0.15) is 24.8 Å². The minimum Gasteiger partial charge on any atom is -0.396 e. The van der Waals surface area contributed by atoms with Crippen LogP contribution in [0.15, 0.2) is 36.4 Å². The summed E-state index contributed by atoms with van der Waals surface area (Å²) >= 11 is 0. The van der Waals surface area contributed by atoms with Crippen molar-refractivity contribution in [1.29, 1.82) is 0 Å². The molecule has 0 aliphatic carbocycles. The van der Waals surface area contributed by atoms with E-state index in [1.165, 1.54) is 0 Å². The molecule has 1 fully saturated rings. The van der Waals surface area contributed by atoms with Gasteiger partial charge in [0.2, 0.25) is 0 Å². The quantitative estimate of drug-likeness (QED) is 0.786. The van der Waals surface area contributed by atoms with Crippen molar-refractivity contribution < 1.29 is 14.6 Å². The molecule has 2 atom stereocenters. The maximum atomic E-state index is 8.72. The second-order valence-electron chi connectivity index (χ2n) is 4.45. The number of unbranched alkanes of at least 4 members (excludes halogenated alkanes) is 1. The highest BCUT2D eigenvalue weighted by Gasteiger charge is 2.23. The fourth-order valence-corrected chi connectivity index (χ4v) is 1.96. The minimum atomic E-state index is -0.232. The molecule has 0 amide bonds. The highest BCUT2D eigenvalue weighted by atomic mass is 16.7. The molecule has 2 rings (SSSR count). The first-order valence-corrected chi connectivity index (χ1v) is 6.49. The summed E-state index contributed by atoms with van der Waals surface area (Å²) < 4.78 is 11.3. The lowest BCUT2D eigenvalue weighted by molar-refractivity contribution is -0.0207. The van der Waals surface area contributed by atoms with Crippen molar-refractivity contribution in [3.05, 3.63) is 42.0 Å². The maximum Gasteiger partial charge on any atom is 0.177 e. The van der Waals surface area contributed by atoms with Crippen molar-refractivity contribution in [1.82, 2.24) is 0 Å². The maximum absolute atomic E-state index is 8.72. The number of ether oxygens (including phenoxy) is 2. The monoisotopic (exact) mass is 248 g/mol. The van der Waals surface area contributed by atoms with Gasteiger partial charge in [-0.25, -0.2) is 0 Å². The first-order chi connectivity index (χ1) is 8.88. The van der Waals surface area contributed by atoms with Crippen molar-refractivity contribution in [3.63, 3.8) is 0 Å². The summed E-state index contributed by atoms with van der Waals surface area (Å²) in [6.45, 7) is 0.903. The van der Waals surface area contributed by atoms with Crippen LogP contribution in [0.4, 0.5) is 0 Å². The van der Waals surface area contributed by atoms with E-state index in [1.54, 1.807) is 0 Å². The molecular weight excluding hydrogens is 228 g/mol. The smallest absolute Gasteiger partial charge is 0.177 e. The fourth-order valence-electron chi connectivity index (χ4n) is 1.96. The molecule has 3 nitrogen and oxygen atoms in total. The summed E-state index contributed by atoms with van der Waals surface area (Å²) in [5.74, 6) is 0. The Bertz CT molecular complexity index is 361. The number of aliphatic hydroxyl groups excluding tert-OH is 1. The van der Waals surface area contributed by atoms with Crippen LogP contribution >= 0.6 is 0 Å².